The molecule has 2 aromatic carbocycles. The lowest BCUT2D eigenvalue weighted by Crippen LogP contribution is -2.32. The van der Waals surface area contributed by atoms with Crippen molar-refractivity contribution in [3.05, 3.63) is 76.2 Å². The minimum atomic E-state index is -0.223. The molecule has 3 aromatic rings. The third-order valence-electron chi connectivity index (χ3n) is 5.12. The summed E-state index contributed by atoms with van der Waals surface area (Å²) in [6.07, 6.45) is 2.80. The van der Waals surface area contributed by atoms with E-state index in [1.807, 2.05) is 42.5 Å². The summed E-state index contributed by atoms with van der Waals surface area (Å²) in [7, 11) is 0. The number of amides is 1. The van der Waals surface area contributed by atoms with E-state index in [-0.39, 0.29) is 23.3 Å². The first-order chi connectivity index (χ1) is 12.7. The Bertz CT molecular complexity index is 991. The molecule has 1 heterocycles. The van der Waals surface area contributed by atoms with Gasteiger partial charge in [-0.1, -0.05) is 42.5 Å². The molecular formula is C21H21N3O2. The van der Waals surface area contributed by atoms with Crippen LogP contribution in [0.1, 0.15) is 30.5 Å². The number of carbonyl (C=O) groups excluding carboxylic acids is 1. The highest BCUT2D eigenvalue weighted by molar-refractivity contribution is 5.77. The highest BCUT2D eigenvalue weighted by Crippen LogP contribution is 2.47. The van der Waals surface area contributed by atoms with E-state index in [2.05, 4.69) is 27.4 Å². The number of aromatic amines is 1. The Labute approximate surface area is 151 Å². The fourth-order valence-corrected chi connectivity index (χ4v) is 3.34. The molecule has 1 fully saturated rings. The van der Waals surface area contributed by atoms with Crippen molar-refractivity contribution in [1.29, 1.82) is 0 Å². The molecule has 0 unspecified atom stereocenters. The number of H-pyrrole nitrogens is 1. The first-order valence-corrected chi connectivity index (χ1v) is 8.96. The van der Waals surface area contributed by atoms with Crippen molar-refractivity contribution in [3.8, 4) is 0 Å². The Morgan fingerprint density at radius 1 is 1.08 bits per heavy atom. The number of fused-ring (bicyclic) bond motifs is 1. The minimum Gasteiger partial charge on any atom is -0.355 e. The zero-order valence-corrected chi connectivity index (χ0v) is 14.5. The van der Waals surface area contributed by atoms with Crippen LogP contribution in [0, 0.1) is 0 Å². The van der Waals surface area contributed by atoms with E-state index in [0.29, 0.717) is 24.2 Å². The van der Waals surface area contributed by atoms with Crippen LogP contribution in [0.15, 0.2) is 59.4 Å². The summed E-state index contributed by atoms with van der Waals surface area (Å²) in [6.45, 7) is 0.650. The maximum absolute atomic E-state index is 12.2. The third-order valence-corrected chi connectivity index (χ3v) is 5.12. The molecule has 0 saturated heterocycles. The maximum Gasteiger partial charge on any atom is 0.270 e. The molecule has 1 amide bonds. The molecule has 0 radical (unpaired) electrons. The second-order valence-corrected chi connectivity index (χ2v) is 6.95. The van der Waals surface area contributed by atoms with Gasteiger partial charge >= 0.3 is 0 Å². The third kappa shape index (κ3) is 3.38. The van der Waals surface area contributed by atoms with Gasteiger partial charge < -0.3 is 10.3 Å². The zero-order valence-electron chi connectivity index (χ0n) is 14.5. The summed E-state index contributed by atoms with van der Waals surface area (Å²) in [6, 6.07) is 17.7. The summed E-state index contributed by atoms with van der Waals surface area (Å²) in [5, 5.41) is 3.03. The lowest BCUT2D eigenvalue weighted by Gasteiger charge is -2.16. The van der Waals surface area contributed by atoms with E-state index >= 15 is 0 Å². The molecule has 5 nitrogen and oxygen atoms in total. The zero-order chi connectivity index (χ0) is 18.0. The topological polar surface area (TPSA) is 74.8 Å². The molecule has 1 aliphatic carbocycles. The van der Waals surface area contributed by atoms with Crippen molar-refractivity contribution in [2.24, 2.45) is 0 Å². The van der Waals surface area contributed by atoms with Crippen molar-refractivity contribution >= 4 is 16.9 Å². The Hall–Kier alpha value is -2.95. The highest BCUT2D eigenvalue weighted by atomic mass is 16.1. The van der Waals surface area contributed by atoms with Crippen molar-refractivity contribution in [1.82, 2.24) is 15.3 Å². The largest absolute Gasteiger partial charge is 0.355 e. The van der Waals surface area contributed by atoms with Gasteiger partial charge in [-0.2, -0.15) is 0 Å². The highest BCUT2D eigenvalue weighted by Gasteiger charge is 2.44. The molecule has 1 aliphatic rings. The van der Waals surface area contributed by atoms with Crippen LogP contribution in [0.2, 0.25) is 0 Å². The Kier molecular flexibility index (Phi) is 4.29. The van der Waals surface area contributed by atoms with Gasteiger partial charge in [-0.3, -0.25) is 9.59 Å². The lowest BCUT2D eigenvalue weighted by molar-refractivity contribution is -0.121. The number of hydrogen-bond donors (Lipinski definition) is 2. The molecule has 132 valence electrons. The normalized spacial score (nSPS) is 14.9. The smallest absolute Gasteiger partial charge is 0.270 e. The van der Waals surface area contributed by atoms with Gasteiger partial charge in [-0.15, -0.1) is 0 Å². The molecule has 0 aliphatic heterocycles. The van der Waals surface area contributed by atoms with E-state index < -0.39 is 0 Å². The molecule has 0 bridgehead atoms. The van der Waals surface area contributed by atoms with Crippen LogP contribution in [0.3, 0.4) is 0 Å². The van der Waals surface area contributed by atoms with Crippen molar-refractivity contribution in [3.63, 3.8) is 0 Å². The molecule has 4 rings (SSSR count). The number of nitrogens with zero attached hydrogens (tertiary/aromatic N) is 1. The number of carbonyl (C=O) groups is 1. The predicted octanol–water partition coefficient (Wildman–Crippen LogP) is 2.70. The second-order valence-electron chi connectivity index (χ2n) is 6.95. The van der Waals surface area contributed by atoms with Crippen LogP contribution in [0.5, 0.6) is 0 Å². The molecule has 0 spiro atoms. The molecule has 1 saturated carbocycles. The quantitative estimate of drug-likeness (QED) is 0.720. The van der Waals surface area contributed by atoms with Crippen LogP contribution in [0.25, 0.3) is 11.0 Å². The summed E-state index contributed by atoms with van der Waals surface area (Å²) in [4.78, 5) is 31.6. The van der Waals surface area contributed by atoms with Gasteiger partial charge in [-0.05, 0) is 30.5 Å². The van der Waals surface area contributed by atoms with E-state index in [1.165, 1.54) is 5.56 Å². The first-order valence-electron chi connectivity index (χ1n) is 8.96. The Balaban J connectivity index is 1.36. The van der Waals surface area contributed by atoms with E-state index in [0.717, 1.165) is 18.4 Å². The fourth-order valence-electron chi connectivity index (χ4n) is 3.34. The maximum atomic E-state index is 12.2. The number of para-hydroxylation sites is 2. The number of rotatable bonds is 6. The lowest BCUT2D eigenvalue weighted by atomic mass is 9.96. The molecule has 2 N–H and O–H groups in total. The summed E-state index contributed by atoms with van der Waals surface area (Å²) in [5.74, 6) is -0.0402. The second kappa shape index (κ2) is 6.75. The van der Waals surface area contributed by atoms with Crippen molar-refractivity contribution < 1.29 is 4.79 Å². The van der Waals surface area contributed by atoms with E-state index in [9.17, 15) is 9.59 Å². The standard InChI is InChI=1S/C21H21N3O2/c25-19(22-14-21(12-13-21)15-6-2-1-3-7-15)11-10-18-20(26)24-17-9-5-4-8-16(17)23-18/h1-9H,10-14H2,(H,22,25)(H,24,26). The van der Waals surface area contributed by atoms with E-state index in [4.69, 9.17) is 0 Å². The number of benzene rings is 2. The monoisotopic (exact) mass is 347 g/mol. The van der Waals surface area contributed by atoms with Crippen LogP contribution in [-0.4, -0.2) is 22.4 Å². The number of aryl methyl sites for hydroxylation is 1. The van der Waals surface area contributed by atoms with Crippen LogP contribution >= 0.6 is 0 Å². The minimum absolute atomic E-state index is 0.0402. The van der Waals surface area contributed by atoms with Crippen LogP contribution < -0.4 is 10.9 Å². The molecule has 5 heteroatoms. The first kappa shape index (κ1) is 16.5. The Morgan fingerprint density at radius 2 is 1.81 bits per heavy atom. The number of hydrogen-bond acceptors (Lipinski definition) is 3. The fraction of sp³-hybridized carbons (Fsp3) is 0.286. The molecule has 26 heavy (non-hydrogen) atoms. The summed E-state index contributed by atoms with van der Waals surface area (Å²) < 4.78 is 0. The SMILES string of the molecule is O=C(CCc1nc2ccccc2[nH]c1=O)NCC1(c2ccccc2)CC1. The van der Waals surface area contributed by atoms with Gasteiger partial charge in [-0.25, -0.2) is 4.98 Å². The van der Waals surface area contributed by atoms with Crippen molar-refractivity contribution in [2.45, 2.75) is 31.1 Å². The summed E-state index contributed by atoms with van der Waals surface area (Å²) >= 11 is 0. The molecular weight excluding hydrogens is 326 g/mol. The molecule has 1 aromatic heterocycles. The van der Waals surface area contributed by atoms with Crippen LogP contribution in [0.4, 0.5) is 0 Å². The van der Waals surface area contributed by atoms with Crippen LogP contribution in [-0.2, 0) is 16.6 Å². The van der Waals surface area contributed by atoms with Gasteiger partial charge in [0, 0.05) is 24.8 Å². The number of aromatic nitrogens is 2. The van der Waals surface area contributed by atoms with E-state index in [1.54, 1.807) is 0 Å². The average Bonchev–Trinajstić information content (AvgIpc) is 3.47. The van der Waals surface area contributed by atoms with Crippen molar-refractivity contribution in [2.75, 3.05) is 6.54 Å². The van der Waals surface area contributed by atoms with Gasteiger partial charge in [0.2, 0.25) is 5.91 Å². The predicted molar refractivity (Wildman–Crippen MR) is 101 cm³/mol. The number of nitrogens with one attached hydrogen (secondary N) is 2. The Morgan fingerprint density at radius 3 is 2.58 bits per heavy atom. The average molecular weight is 347 g/mol. The van der Waals surface area contributed by atoms with Gasteiger partial charge in [0.05, 0.1) is 11.0 Å². The van der Waals surface area contributed by atoms with Gasteiger partial charge in [0.15, 0.2) is 0 Å². The molecule has 0 atom stereocenters. The van der Waals surface area contributed by atoms with Gasteiger partial charge in [0.25, 0.3) is 5.56 Å². The van der Waals surface area contributed by atoms with Gasteiger partial charge in [0.1, 0.15) is 5.69 Å². The summed E-state index contributed by atoms with van der Waals surface area (Å²) in [5.41, 5.74) is 3.01.